The van der Waals surface area contributed by atoms with Gasteiger partial charge in [0.25, 0.3) is 0 Å². The minimum atomic E-state index is 0.0931. The molecule has 0 unspecified atom stereocenters. The maximum Gasteiger partial charge on any atom is 0.225 e. The number of guanidine groups is 1. The number of amides is 1. The number of aliphatic imine (C=N–C) groups is 2. The topological polar surface area (TPSA) is 57.5 Å². The molecule has 6 nitrogen and oxygen atoms in total. The van der Waals surface area contributed by atoms with E-state index >= 15 is 0 Å². The van der Waals surface area contributed by atoms with Crippen LogP contribution in [-0.4, -0.2) is 67.3 Å². The van der Waals surface area contributed by atoms with Gasteiger partial charge in [0.05, 0.1) is 6.10 Å². The molecule has 3 rings (SSSR count). The second-order valence-electron chi connectivity index (χ2n) is 9.19. The Bertz CT molecular complexity index is 635. The van der Waals surface area contributed by atoms with Gasteiger partial charge in [0.15, 0.2) is 0 Å². The van der Waals surface area contributed by atoms with E-state index in [4.69, 9.17) is 16.3 Å². The van der Waals surface area contributed by atoms with Crippen molar-refractivity contribution in [3.63, 3.8) is 0 Å². The van der Waals surface area contributed by atoms with Gasteiger partial charge in [0.2, 0.25) is 11.9 Å². The third-order valence-corrected chi connectivity index (χ3v) is 7.00. The van der Waals surface area contributed by atoms with Crippen molar-refractivity contribution in [3.05, 3.63) is 11.7 Å². The average Bonchev–Trinajstić information content (AvgIpc) is 3.54. The van der Waals surface area contributed by atoms with Crippen LogP contribution in [0, 0.1) is 23.7 Å². The van der Waals surface area contributed by atoms with Gasteiger partial charge < -0.3 is 14.5 Å². The molecule has 7 heteroatoms. The number of piperidine rings is 2. The fourth-order valence-electron chi connectivity index (χ4n) is 5.02. The van der Waals surface area contributed by atoms with Crippen LogP contribution in [0.15, 0.2) is 21.7 Å². The zero-order valence-corrected chi connectivity index (χ0v) is 19.3. The lowest BCUT2D eigenvalue weighted by Crippen LogP contribution is -2.42. The van der Waals surface area contributed by atoms with E-state index < -0.39 is 0 Å². The van der Waals surface area contributed by atoms with Crippen LogP contribution in [-0.2, 0) is 9.53 Å². The lowest BCUT2D eigenvalue weighted by Gasteiger charge is -2.33. The van der Waals surface area contributed by atoms with Gasteiger partial charge in [-0.15, -0.1) is 0 Å². The minimum Gasteiger partial charge on any atom is -0.378 e. The van der Waals surface area contributed by atoms with Crippen LogP contribution in [0.2, 0.25) is 0 Å². The first-order chi connectivity index (χ1) is 14.5. The summed E-state index contributed by atoms with van der Waals surface area (Å²) in [5, 5.41) is 0. The summed E-state index contributed by atoms with van der Waals surface area (Å²) in [5.74, 6) is 3.54. The summed E-state index contributed by atoms with van der Waals surface area (Å²) in [7, 11) is 0. The second-order valence-corrected chi connectivity index (χ2v) is 9.44. The van der Waals surface area contributed by atoms with Gasteiger partial charge in [-0.1, -0.05) is 25.4 Å². The molecule has 0 spiro atoms. The predicted molar refractivity (Wildman–Crippen MR) is 123 cm³/mol. The van der Waals surface area contributed by atoms with E-state index in [0.717, 1.165) is 63.4 Å². The number of hydrogen-bond donors (Lipinski definition) is 0. The van der Waals surface area contributed by atoms with E-state index in [1.54, 1.807) is 6.20 Å². The van der Waals surface area contributed by atoms with Crippen molar-refractivity contribution in [1.82, 2.24) is 9.80 Å². The summed E-state index contributed by atoms with van der Waals surface area (Å²) < 4.78 is 6.16. The highest BCUT2D eigenvalue weighted by Gasteiger charge is 2.43. The minimum absolute atomic E-state index is 0.0931. The molecule has 30 heavy (non-hydrogen) atoms. The zero-order valence-electron chi connectivity index (χ0n) is 18.5. The number of halogens is 1. The molecule has 0 aromatic carbocycles. The monoisotopic (exact) mass is 436 g/mol. The Morgan fingerprint density at radius 2 is 1.83 bits per heavy atom. The summed E-state index contributed by atoms with van der Waals surface area (Å²) in [4.78, 5) is 24.6. The first-order valence-corrected chi connectivity index (χ1v) is 11.9. The van der Waals surface area contributed by atoms with Crippen molar-refractivity contribution in [2.45, 2.75) is 58.5 Å². The number of carbonyl (C=O) groups excluding carboxylic acids is 1. The molecule has 2 aliphatic heterocycles. The first-order valence-electron chi connectivity index (χ1n) is 11.5. The molecule has 3 aliphatic rings. The van der Waals surface area contributed by atoms with Crippen molar-refractivity contribution in [3.8, 4) is 0 Å². The molecule has 0 N–H and O–H groups in total. The van der Waals surface area contributed by atoms with Crippen LogP contribution in [0.25, 0.3) is 0 Å². The van der Waals surface area contributed by atoms with Crippen LogP contribution in [0.4, 0.5) is 0 Å². The molecule has 2 atom stereocenters. The van der Waals surface area contributed by atoms with Gasteiger partial charge in [-0.05, 0) is 63.0 Å². The fraction of sp³-hybridized carbons (Fsp3) is 0.783. The zero-order chi connectivity index (χ0) is 21.5. The van der Waals surface area contributed by atoms with E-state index in [-0.39, 0.29) is 11.8 Å². The molecule has 0 radical (unpaired) electrons. The highest BCUT2D eigenvalue weighted by molar-refractivity contribution is 6.25. The summed E-state index contributed by atoms with van der Waals surface area (Å²) in [5.41, 5.74) is 1.39. The van der Waals surface area contributed by atoms with Gasteiger partial charge in [0, 0.05) is 50.4 Å². The molecule has 0 aromatic heterocycles. The van der Waals surface area contributed by atoms with Gasteiger partial charge >= 0.3 is 0 Å². The molecule has 2 heterocycles. The van der Waals surface area contributed by atoms with Crippen LogP contribution in [0.5, 0.6) is 0 Å². The van der Waals surface area contributed by atoms with E-state index in [9.17, 15) is 4.79 Å². The molecule has 0 aromatic rings. The number of rotatable bonds is 7. The molecule has 1 saturated carbocycles. The second kappa shape index (κ2) is 11.3. The van der Waals surface area contributed by atoms with Crippen molar-refractivity contribution >= 4 is 30.2 Å². The Balaban J connectivity index is 1.30. The summed E-state index contributed by atoms with van der Waals surface area (Å²) in [6.45, 7) is 12.1. The maximum atomic E-state index is 12.1. The Hall–Kier alpha value is -1.40. The molecule has 1 amide bonds. The molecule has 168 valence electrons. The van der Waals surface area contributed by atoms with Crippen LogP contribution in [0.1, 0.15) is 52.4 Å². The first kappa shape index (κ1) is 23.3. The largest absolute Gasteiger partial charge is 0.378 e. The lowest BCUT2D eigenvalue weighted by atomic mass is 9.90. The lowest BCUT2D eigenvalue weighted by molar-refractivity contribution is -0.137. The summed E-state index contributed by atoms with van der Waals surface area (Å²) in [6.07, 6.45) is 8.76. The standard InChI is InChI=1S/C23H37ClN4O2/c1-17(2)22(29)27-13-6-20(7-14-27)30-15-8-19-16-21(19)18-4-11-28(12-5-18)23(25-3)26-10-9-24/h9-10,17-21H,3-8,11-16H2,1-2H3/b10-9+,26-23+/t19-,21-/m1/s1. The number of likely N-dealkylation sites (tertiary alicyclic amines) is 2. The Morgan fingerprint density at radius 1 is 1.17 bits per heavy atom. The van der Waals surface area contributed by atoms with Crippen LogP contribution >= 0.6 is 11.6 Å². The molecule has 0 bridgehead atoms. The van der Waals surface area contributed by atoms with E-state index in [1.807, 2.05) is 18.7 Å². The highest BCUT2D eigenvalue weighted by atomic mass is 35.5. The number of ether oxygens (including phenoxy) is 1. The van der Waals surface area contributed by atoms with Crippen molar-refractivity contribution in [1.29, 1.82) is 0 Å². The quantitative estimate of drug-likeness (QED) is 0.444. The molecule has 3 fully saturated rings. The van der Waals surface area contributed by atoms with Crippen LogP contribution < -0.4 is 0 Å². The van der Waals surface area contributed by atoms with Gasteiger partial charge in [-0.2, -0.15) is 0 Å². The SMILES string of the molecule is C=N/C(=N\C=C\Cl)N1CCC([C@H]2C[C@H]2CCOC2CCN(C(=O)C(C)C)CC2)CC1. The van der Waals surface area contributed by atoms with Crippen molar-refractivity contribution < 1.29 is 9.53 Å². The molecule has 2 saturated heterocycles. The summed E-state index contributed by atoms with van der Waals surface area (Å²) >= 11 is 5.56. The Morgan fingerprint density at radius 3 is 2.43 bits per heavy atom. The van der Waals surface area contributed by atoms with Crippen molar-refractivity contribution in [2.24, 2.45) is 33.7 Å². The fourth-order valence-corrected chi connectivity index (χ4v) is 5.08. The predicted octanol–water partition coefficient (Wildman–Crippen LogP) is 4.15. The average molecular weight is 437 g/mol. The number of carbonyl (C=O) groups is 1. The van der Waals surface area contributed by atoms with Gasteiger partial charge in [-0.3, -0.25) is 4.79 Å². The van der Waals surface area contributed by atoms with E-state index in [1.165, 1.54) is 31.2 Å². The maximum absolute atomic E-state index is 12.1. The molecular formula is C23H37ClN4O2. The Kier molecular flexibility index (Phi) is 8.75. The normalized spacial score (nSPS) is 26.6. The smallest absolute Gasteiger partial charge is 0.225 e. The summed E-state index contributed by atoms with van der Waals surface area (Å²) in [6, 6.07) is 0. The number of nitrogens with zero attached hydrogens (tertiary/aromatic N) is 4. The molecular weight excluding hydrogens is 400 g/mol. The van der Waals surface area contributed by atoms with Gasteiger partial charge in [0.1, 0.15) is 0 Å². The third kappa shape index (κ3) is 6.30. The van der Waals surface area contributed by atoms with E-state index in [2.05, 4.69) is 21.6 Å². The Labute approximate surface area is 186 Å². The van der Waals surface area contributed by atoms with E-state index in [0.29, 0.717) is 12.1 Å². The van der Waals surface area contributed by atoms with Crippen LogP contribution in [0.3, 0.4) is 0 Å². The third-order valence-electron chi connectivity index (χ3n) is 6.88. The molecule has 1 aliphatic carbocycles. The number of hydrogen-bond acceptors (Lipinski definition) is 3. The van der Waals surface area contributed by atoms with Crippen molar-refractivity contribution in [2.75, 3.05) is 32.8 Å². The highest BCUT2D eigenvalue weighted by Crippen LogP contribution is 2.49. The van der Waals surface area contributed by atoms with Gasteiger partial charge in [-0.25, -0.2) is 9.98 Å².